The van der Waals surface area contributed by atoms with Crippen LogP contribution in [0.1, 0.15) is 16.7 Å². The van der Waals surface area contributed by atoms with E-state index in [1.54, 1.807) is 52.1 Å². The number of rotatable bonds is 15. The van der Waals surface area contributed by atoms with E-state index < -0.39 is 28.2 Å². The van der Waals surface area contributed by atoms with E-state index in [9.17, 15) is 24.9 Å². The molecule has 0 saturated heterocycles. The van der Waals surface area contributed by atoms with Crippen LogP contribution < -0.4 is 25.3 Å². The summed E-state index contributed by atoms with van der Waals surface area (Å²) in [4.78, 5) is 35.1. The predicted molar refractivity (Wildman–Crippen MR) is 335 cm³/mol. The molecule has 0 atom stereocenters. The highest BCUT2D eigenvalue weighted by atomic mass is 79.9. The molecule has 5 aromatic carbocycles. The van der Waals surface area contributed by atoms with Crippen molar-refractivity contribution in [3.63, 3.8) is 0 Å². The molecule has 0 aliphatic carbocycles. The van der Waals surface area contributed by atoms with Gasteiger partial charge in [-0.25, -0.2) is 15.0 Å². The molecule has 10 rings (SSSR count). The number of nitrogens with two attached hydrogens (primary N) is 1. The highest BCUT2D eigenvalue weighted by Gasteiger charge is 2.29. The number of carbonyl (C=O) groups excluding carboxylic acids is 1. The van der Waals surface area contributed by atoms with Crippen molar-refractivity contribution in [3.8, 4) is 0 Å². The Morgan fingerprint density at radius 1 is 0.558 bits per heavy atom. The lowest BCUT2D eigenvalue weighted by Gasteiger charge is -2.27. The molecule has 0 amide bonds. The maximum Gasteiger partial charge on any atom is 0.399 e. The van der Waals surface area contributed by atoms with E-state index in [2.05, 4.69) is 118 Å². The van der Waals surface area contributed by atoms with Crippen molar-refractivity contribution in [3.05, 3.63) is 176 Å². The second kappa shape index (κ2) is 26.0. The highest BCUT2D eigenvalue weighted by molar-refractivity contribution is 9.11. The average Bonchev–Trinajstić information content (AvgIpc) is 3.43. The van der Waals surface area contributed by atoms with E-state index >= 15 is 0 Å². The van der Waals surface area contributed by atoms with Gasteiger partial charge in [0.25, 0.3) is 0 Å². The van der Waals surface area contributed by atoms with E-state index in [-0.39, 0.29) is 0 Å². The molecule has 7 N–H and O–H groups in total. The van der Waals surface area contributed by atoms with Gasteiger partial charge >= 0.3 is 35.6 Å². The van der Waals surface area contributed by atoms with Crippen LogP contribution in [0.2, 0.25) is 27.3 Å². The van der Waals surface area contributed by atoms with Crippen molar-refractivity contribution in [1.82, 2.24) is 24.9 Å². The molecule has 0 aliphatic heterocycles. The van der Waals surface area contributed by atoms with Gasteiger partial charge in [0.1, 0.15) is 23.6 Å². The van der Waals surface area contributed by atoms with Crippen molar-refractivity contribution < 1.29 is 24.9 Å². The highest BCUT2D eigenvalue weighted by Crippen LogP contribution is 2.35. The van der Waals surface area contributed by atoms with Crippen molar-refractivity contribution in [2.45, 2.75) is 45.7 Å². The number of aromatic nitrogens is 5. The number of pyridine rings is 5. The fraction of sp³-hybridized carbons (Fsp3) is 0.132. The molecule has 5 aromatic heterocycles. The molecule has 385 valence electrons. The smallest absolute Gasteiger partial charge is 0.399 e. The lowest BCUT2D eigenvalue weighted by molar-refractivity contribution is 0.552. The number of alkyl halides is 1. The Kier molecular flexibility index (Phi) is 19.3. The molecular formula is C53H50B5Br4N10O5. The number of halogens is 4. The van der Waals surface area contributed by atoms with Crippen LogP contribution >= 0.6 is 63.7 Å². The Morgan fingerprint density at radius 3 is 1.60 bits per heavy atom. The lowest BCUT2D eigenvalue weighted by atomic mass is 9.69. The van der Waals surface area contributed by atoms with Crippen molar-refractivity contribution in [2.24, 2.45) is 0 Å². The van der Waals surface area contributed by atoms with Gasteiger partial charge in [0.05, 0.1) is 11.0 Å². The molecule has 0 fully saturated rings. The van der Waals surface area contributed by atoms with Gasteiger partial charge in [-0.05, 0) is 134 Å². The number of nitrogens with zero attached hydrogens (tertiary/aromatic N) is 8. The SMILES string of the molecule is CB(O)N(B(C)O)c1ncc(Br)c2cc(CBr)ccc12.CB(O)N(B(C)O)c1ncc(Br)c2cc(CN([B]C=O)c3ccnc4ccccc34)ccc12.Nc1ncc(Br)c2cc(CNc3ccnc4ccccc34)ccc12. The van der Waals surface area contributed by atoms with Gasteiger partial charge < -0.3 is 50.2 Å². The molecule has 0 aliphatic rings. The molecule has 10 aromatic rings. The third kappa shape index (κ3) is 13.3. The Hall–Kier alpha value is -6.10. The Bertz CT molecular complexity index is 3700. The first-order valence-electron chi connectivity index (χ1n) is 24.4. The van der Waals surface area contributed by atoms with Gasteiger partial charge in [-0.2, -0.15) is 0 Å². The van der Waals surface area contributed by atoms with Crippen LogP contribution in [-0.4, -0.2) is 86.8 Å². The lowest BCUT2D eigenvalue weighted by Crippen LogP contribution is -2.47. The van der Waals surface area contributed by atoms with E-state index in [4.69, 9.17) is 5.73 Å². The number of hydrogen-bond acceptors (Lipinski definition) is 15. The van der Waals surface area contributed by atoms with Crippen LogP contribution in [0.25, 0.3) is 54.1 Å². The van der Waals surface area contributed by atoms with Gasteiger partial charge in [0.15, 0.2) is 0 Å². The number of nitrogens with one attached hydrogen (secondary N) is 1. The maximum absolute atomic E-state index is 11.4. The molecule has 0 unspecified atom stereocenters. The third-order valence-corrected chi connectivity index (χ3v) is 15.2. The summed E-state index contributed by atoms with van der Waals surface area (Å²) in [6.07, 6.45) is 9.42. The zero-order valence-corrected chi connectivity index (χ0v) is 48.6. The molecule has 0 saturated carbocycles. The fourth-order valence-electron chi connectivity index (χ4n) is 9.06. The standard InChI is InChI=1S/C22H21B3BrN4O3.C19H15BrN4.C12H14B2Br2N2O2/c1-24(32)30(25(2)33)22-16-8-7-15(11-18(16)19(26)12-28-22)13-29(23-14-31)21-9-10-27-20-6-4-3-5-17(20)21;20-16-11-24-19(21)13-6-5-12(9-15(13)16)10-23-18-7-8-22-17-4-2-1-3-14(17)18;1-13(19)18(14(2)20)12-9-4-3-8(6-15)5-10(9)11(16)7-17-12/h3-12,14,32-33H,13H2,1-2H3;1-9,11H,10H2,(H2,21,24)(H,22,23);3-5,7,19-20H,6H2,1-2H3. The number of anilines is 5. The number of carbonyl (C=O) groups is 1. The van der Waals surface area contributed by atoms with Crippen LogP contribution in [0.15, 0.2) is 160 Å². The summed E-state index contributed by atoms with van der Waals surface area (Å²) in [5.41, 5.74) is 13.1. The van der Waals surface area contributed by atoms with E-state index in [1.165, 1.54) is 22.4 Å². The van der Waals surface area contributed by atoms with Gasteiger partial charge in [-0.3, -0.25) is 9.97 Å². The quantitative estimate of drug-likeness (QED) is 0.0320. The molecule has 0 spiro atoms. The van der Waals surface area contributed by atoms with Gasteiger partial charge in [0.2, 0.25) is 0 Å². The van der Waals surface area contributed by atoms with Gasteiger partial charge in [0, 0.05) is 117 Å². The first kappa shape index (κ1) is 57.1. The number of para-hydroxylation sites is 2. The van der Waals surface area contributed by atoms with Crippen LogP contribution in [-0.2, 0) is 23.2 Å². The average molecular weight is 1280 g/mol. The van der Waals surface area contributed by atoms with Crippen molar-refractivity contribution >= 4 is 188 Å². The molecule has 24 heteroatoms. The summed E-state index contributed by atoms with van der Waals surface area (Å²) in [6, 6.07) is 37.9. The van der Waals surface area contributed by atoms with Crippen molar-refractivity contribution in [1.29, 1.82) is 0 Å². The summed E-state index contributed by atoms with van der Waals surface area (Å²) in [6.45, 7) is 7.57. The monoisotopic (exact) mass is 1280 g/mol. The van der Waals surface area contributed by atoms with E-state index in [0.29, 0.717) is 24.0 Å². The van der Waals surface area contributed by atoms with Crippen LogP contribution in [0.4, 0.5) is 28.8 Å². The van der Waals surface area contributed by atoms with E-state index in [1.807, 2.05) is 102 Å². The van der Waals surface area contributed by atoms with Crippen molar-refractivity contribution in [2.75, 3.05) is 25.3 Å². The van der Waals surface area contributed by atoms with Gasteiger partial charge in [-0.15, -0.1) is 0 Å². The minimum atomic E-state index is -0.917. The molecule has 15 nitrogen and oxygen atoms in total. The molecule has 5 heterocycles. The van der Waals surface area contributed by atoms with Crippen LogP contribution in [0.3, 0.4) is 0 Å². The molecular weight excluding hydrogens is 1230 g/mol. The van der Waals surface area contributed by atoms with Crippen LogP contribution in [0, 0.1) is 0 Å². The number of benzene rings is 5. The number of nitrogen functional groups attached to an aromatic ring is 1. The minimum absolute atomic E-state index is 0.462. The first-order chi connectivity index (χ1) is 37.1. The normalized spacial score (nSPS) is 10.9. The predicted octanol–water partition coefficient (Wildman–Crippen LogP) is 11.0. The number of hydrogen-bond donors (Lipinski definition) is 6. The third-order valence-electron chi connectivity index (χ3n) is 12.6. The second-order valence-corrected chi connectivity index (χ2v) is 21.1. The molecule has 0 bridgehead atoms. The van der Waals surface area contributed by atoms with Gasteiger partial charge in [-0.1, -0.05) is 88.7 Å². The maximum atomic E-state index is 11.4. The first-order valence-corrected chi connectivity index (χ1v) is 27.9. The van der Waals surface area contributed by atoms with Crippen LogP contribution in [0.5, 0.6) is 0 Å². The molecule has 77 heavy (non-hydrogen) atoms. The van der Waals surface area contributed by atoms with E-state index in [0.717, 1.165) is 108 Å². The Balaban J connectivity index is 0.000000158. The second-order valence-electron chi connectivity index (χ2n) is 18.0. The Morgan fingerprint density at radius 2 is 1.03 bits per heavy atom. The summed E-state index contributed by atoms with van der Waals surface area (Å²) in [5, 5.41) is 52.0. The summed E-state index contributed by atoms with van der Waals surface area (Å²) in [7, 11) is -1.98. The summed E-state index contributed by atoms with van der Waals surface area (Å²) >= 11 is 14.1. The summed E-state index contributed by atoms with van der Waals surface area (Å²) in [5.74, 6) is 1.60. The summed E-state index contributed by atoms with van der Waals surface area (Å²) < 4.78 is 5.55. The Labute approximate surface area is 482 Å². The molecule has 1 radical (unpaired) electrons. The topological polar surface area (TPSA) is 210 Å². The minimum Gasteiger partial charge on any atom is -0.433 e. The fourth-order valence-corrected chi connectivity index (χ4v) is 10.7. The zero-order chi connectivity index (χ0) is 54.9. The largest absolute Gasteiger partial charge is 0.433 e. The zero-order valence-electron chi connectivity index (χ0n) is 42.3. The number of fused-ring (bicyclic) bond motifs is 5.